The van der Waals surface area contributed by atoms with E-state index in [0.29, 0.717) is 25.0 Å². The highest BCUT2D eigenvalue weighted by molar-refractivity contribution is 5.94. The van der Waals surface area contributed by atoms with Crippen LogP contribution in [0.3, 0.4) is 0 Å². The number of nitrogens with two attached hydrogens (primary N) is 1. The third kappa shape index (κ3) is 6.75. The van der Waals surface area contributed by atoms with Crippen LogP contribution in [0.4, 0.5) is 0 Å². The van der Waals surface area contributed by atoms with E-state index in [4.69, 9.17) is 5.73 Å². The van der Waals surface area contributed by atoms with Crippen LogP contribution in [0.2, 0.25) is 0 Å². The molecule has 6 atom stereocenters. The second kappa shape index (κ2) is 11.8. The summed E-state index contributed by atoms with van der Waals surface area (Å²) in [6.45, 7) is 5.22. The van der Waals surface area contributed by atoms with Crippen LogP contribution in [0, 0.1) is 5.92 Å². The summed E-state index contributed by atoms with van der Waals surface area (Å²) < 4.78 is 0. The largest absolute Gasteiger partial charge is 0.480 e. The average molecular weight is 467 g/mol. The monoisotopic (exact) mass is 466 g/mol. The fourth-order valence-corrected chi connectivity index (χ4v) is 3.74. The van der Waals surface area contributed by atoms with E-state index in [9.17, 15) is 29.4 Å². The standard InChI is InChI=1S/C21H34N6O6/c1-4-11(2)17(21(32)33)26-18(29)15-6-5-7-27(15)20(31)14(8-13-9-23-10-24-13)25-19(30)16(22)12(3)28/h9-12,14-17,28H,4-8,22H2,1-3H3,(H,23,24)(H,25,30)(H,26,29)(H,32,33). The lowest BCUT2D eigenvalue weighted by atomic mass is 9.98. The zero-order valence-electron chi connectivity index (χ0n) is 19.2. The first-order valence-corrected chi connectivity index (χ1v) is 11.1. The second-order valence-corrected chi connectivity index (χ2v) is 8.51. The number of hydrogen-bond acceptors (Lipinski definition) is 7. The number of amides is 3. The van der Waals surface area contributed by atoms with Crippen LogP contribution >= 0.6 is 0 Å². The number of carbonyl (C=O) groups is 4. The Balaban J connectivity index is 2.20. The summed E-state index contributed by atoms with van der Waals surface area (Å²) in [6, 6.07) is -4.20. The van der Waals surface area contributed by atoms with Crippen molar-refractivity contribution in [3.8, 4) is 0 Å². The van der Waals surface area contributed by atoms with Crippen LogP contribution in [0.1, 0.15) is 45.7 Å². The van der Waals surface area contributed by atoms with Crippen molar-refractivity contribution in [2.45, 2.75) is 76.7 Å². The molecular formula is C21H34N6O6. The SMILES string of the molecule is CCC(C)C(NC(=O)C1CCCN1C(=O)C(Cc1cnc[nH]1)NC(=O)C(N)C(C)O)C(=O)O. The molecule has 1 aliphatic heterocycles. The zero-order valence-corrected chi connectivity index (χ0v) is 19.2. The van der Waals surface area contributed by atoms with Crippen LogP contribution in [0.5, 0.6) is 0 Å². The van der Waals surface area contributed by atoms with Crippen LogP contribution in [-0.2, 0) is 25.6 Å². The van der Waals surface area contributed by atoms with E-state index in [1.54, 1.807) is 6.92 Å². The van der Waals surface area contributed by atoms with E-state index >= 15 is 0 Å². The first-order chi connectivity index (χ1) is 15.6. The smallest absolute Gasteiger partial charge is 0.326 e. The molecule has 0 radical (unpaired) electrons. The Kier molecular flexibility index (Phi) is 9.35. The summed E-state index contributed by atoms with van der Waals surface area (Å²) in [7, 11) is 0. The molecule has 1 aliphatic rings. The minimum absolute atomic E-state index is 0.0760. The number of carboxylic acids is 1. The fourth-order valence-electron chi connectivity index (χ4n) is 3.74. The number of aliphatic hydroxyl groups is 1. The van der Waals surface area contributed by atoms with Crippen LogP contribution in [0.15, 0.2) is 12.5 Å². The summed E-state index contributed by atoms with van der Waals surface area (Å²) in [6.07, 6.45) is 3.41. The number of hydrogen-bond donors (Lipinski definition) is 6. The van der Waals surface area contributed by atoms with Gasteiger partial charge in [-0.25, -0.2) is 9.78 Å². The molecule has 6 unspecified atom stereocenters. The average Bonchev–Trinajstić information content (AvgIpc) is 3.47. The molecule has 0 spiro atoms. The molecule has 12 nitrogen and oxygen atoms in total. The van der Waals surface area contributed by atoms with E-state index in [-0.39, 0.29) is 18.9 Å². The fraction of sp³-hybridized carbons (Fsp3) is 0.667. The molecule has 0 bridgehead atoms. The third-order valence-corrected chi connectivity index (χ3v) is 6.03. The van der Waals surface area contributed by atoms with E-state index in [0.717, 1.165) is 0 Å². The number of aliphatic carboxylic acids is 1. The summed E-state index contributed by atoms with van der Waals surface area (Å²) in [5.74, 6) is -3.16. The van der Waals surface area contributed by atoms with Crippen LogP contribution < -0.4 is 16.4 Å². The maximum Gasteiger partial charge on any atom is 0.326 e. The predicted molar refractivity (Wildman–Crippen MR) is 118 cm³/mol. The van der Waals surface area contributed by atoms with Gasteiger partial charge in [0.1, 0.15) is 24.2 Å². The van der Waals surface area contributed by atoms with Gasteiger partial charge in [-0.3, -0.25) is 14.4 Å². The molecule has 1 aromatic heterocycles. The normalized spacial score (nSPS) is 20.4. The summed E-state index contributed by atoms with van der Waals surface area (Å²) in [5, 5.41) is 24.2. The van der Waals surface area contributed by atoms with Gasteiger partial charge in [-0.1, -0.05) is 20.3 Å². The maximum absolute atomic E-state index is 13.4. The van der Waals surface area contributed by atoms with Gasteiger partial charge in [-0.15, -0.1) is 0 Å². The third-order valence-electron chi connectivity index (χ3n) is 6.03. The maximum atomic E-state index is 13.4. The van der Waals surface area contributed by atoms with Gasteiger partial charge in [-0.05, 0) is 25.7 Å². The van der Waals surface area contributed by atoms with Crippen molar-refractivity contribution < 1.29 is 29.4 Å². The van der Waals surface area contributed by atoms with Gasteiger partial charge in [0.15, 0.2) is 0 Å². The number of aromatic nitrogens is 2. The Bertz CT molecular complexity index is 829. The summed E-state index contributed by atoms with van der Waals surface area (Å²) >= 11 is 0. The minimum atomic E-state index is -1.23. The molecule has 0 aliphatic carbocycles. The summed E-state index contributed by atoms with van der Waals surface area (Å²) in [5.41, 5.74) is 6.29. The number of aliphatic hydroxyl groups excluding tert-OH is 1. The van der Waals surface area contributed by atoms with Crippen molar-refractivity contribution in [1.82, 2.24) is 25.5 Å². The van der Waals surface area contributed by atoms with Crippen LogP contribution in [-0.4, -0.2) is 85.6 Å². The summed E-state index contributed by atoms with van der Waals surface area (Å²) in [4.78, 5) is 58.5. The molecule has 1 fully saturated rings. The number of likely N-dealkylation sites (tertiary alicyclic amines) is 1. The van der Waals surface area contributed by atoms with E-state index < -0.39 is 54.0 Å². The molecule has 33 heavy (non-hydrogen) atoms. The number of nitrogens with one attached hydrogen (secondary N) is 3. The molecule has 3 amide bonds. The first kappa shape index (κ1) is 26.3. The molecule has 0 aromatic carbocycles. The Labute approximate surface area is 192 Å². The topological polar surface area (TPSA) is 191 Å². The highest BCUT2D eigenvalue weighted by Crippen LogP contribution is 2.20. The highest BCUT2D eigenvalue weighted by atomic mass is 16.4. The number of nitrogens with zero attached hydrogens (tertiary/aromatic N) is 2. The minimum Gasteiger partial charge on any atom is -0.480 e. The molecule has 2 heterocycles. The predicted octanol–water partition coefficient (Wildman–Crippen LogP) is -1.25. The lowest BCUT2D eigenvalue weighted by molar-refractivity contribution is -0.146. The number of H-pyrrole nitrogens is 1. The van der Waals surface area contributed by atoms with Gasteiger partial charge in [-0.2, -0.15) is 0 Å². The number of rotatable bonds is 11. The molecular weight excluding hydrogens is 432 g/mol. The van der Waals surface area contributed by atoms with E-state index in [2.05, 4.69) is 20.6 Å². The Morgan fingerprint density at radius 2 is 2.00 bits per heavy atom. The number of aromatic amines is 1. The molecule has 2 rings (SSSR count). The van der Waals surface area contributed by atoms with Crippen LogP contribution in [0.25, 0.3) is 0 Å². The first-order valence-electron chi connectivity index (χ1n) is 11.1. The molecule has 0 saturated carbocycles. The van der Waals surface area contributed by atoms with Crippen molar-refractivity contribution in [1.29, 1.82) is 0 Å². The lowest BCUT2D eigenvalue weighted by Gasteiger charge is -2.30. The van der Waals surface area contributed by atoms with Gasteiger partial charge in [0.25, 0.3) is 0 Å². The van der Waals surface area contributed by atoms with E-state index in [1.165, 1.54) is 24.3 Å². The molecule has 12 heteroatoms. The van der Waals surface area contributed by atoms with Crippen molar-refractivity contribution >= 4 is 23.7 Å². The van der Waals surface area contributed by atoms with Gasteiger partial charge >= 0.3 is 5.97 Å². The Morgan fingerprint density at radius 1 is 1.30 bits per heavy atom. The van der Waals surface area contributed by atoms with Crippen molar-refractivity contribution in [2.75, 3.05) is 6.54 Å². The molecule has 7 N–H and O–H groups in total. The lowest BCUT2D eigenvalue weighted by Crippen LogP contribution is -2.58. The van der Waals surface area contributed by atoms with Crippen molar-refractivity contribution in [2.24, 2.45) is 11.7 Å². The number of carbonyl (C=O) groups excluding carboxylic acids is 3. The van der Waals surface area contributed by atoms with Gasteiger partial charge in [0, 0.05) is 24.9 Å². The zero-order chi connectivity index (χ0) is 24.7. The Hall–Kier alpha value is -2.99. The second-order valence-electron chi connectivity index (χ2n) is 8.51. The molecule has 1 aromatic rings. The van der Waals surface area contributed by atoms with Crippen molar-refractivity contribution in [3.63, 3.8) is 0 Å². The Morgan fingerprint density at radius 3 is 2.55 bits per heavy atom. The van der Waals surface area contributed by atoms with Gasteiger partial charge in [0.05, 0.1) is 12.4 Å². The van der Waals surface area contributed by atoms with Crippen molar-refractivity contribution in [3.05, 3.63) is 18.2 Å². The number of carboxylic acid groups (broad SMARTS) is 1. The van der Waals surface area contributed by atoms with E-state index in [1.807, 2.05) is 6.92 Å². The quantitative estimate of drug-likeness (QED) is 0.233. The van der Waals surface area contributed by atoms with Gasteiger partial charge < -0.3 is 36.5 Å². The van der Waals surface area contributed by atoms with Gasteiger partial charge in [0.2, 0.25) is 17.7 Å². The molecule has 184 valence electrons. The molecule has 1 saturated heterocycles. The highest BCUT2D eigenvalue weighted by Gasteiger charge is 2.40. The number of imidazole rings is 1.